The number of carbonyl (C=O) groups excluding carboxylic acids is 3. The number of rotatable bonds is 8. The van der Waals surface area contributed by atoms with Gasteiger partial charge in [0.15, 0.2) is 5.72 Å². The molecule has 1 N–H and O–H groups in total. The van der Waals surface area contributed by atoms with E-state index in [0.29, 0.717) is 19.6 Å². The quantitative estimate of drug-likeness (QED) is 0.515. The largest absolute Gasteiger partial charge is 0.349 e. The number of nitrogens with zero attached hydrogens (tertiary/aromatic N) is 1. The molecule has 2 heterocycles. The van der Waals surface area contributed by atoms with Gasteiger partial charge < -0.3 is 15.0 Å². The first-order valence-electron chi connectivity index (χ1n) is 6.94. The molecule has 6 heteroatoms. The standard InChI is InChI=1S/C14H20N2O4/c1-11(17)9-15-12(18)5-3-2-4-8-16-13(19)6-7-14(16)10-20-14/h6-7H,2-5,8-10H2,1H3,(H,15,18). The van der Waals surface area contributed by atoms with Gasteiger partial charge in [0.1, 0.15) is 12.4 Å². The lowest BCUT2D eigenvalue weighted by molar-refractivity contribution is -0.128. The van der Waals surface area contributed by atoms with Gasteiger partial charge in [-0.2, -0.15) is 0 Å². The van der Waals surface area contributed by atoms with Crippen LogP contribution in [0.4, 0.5) is 0 Å². The second-order valence-corrected chi connectivity index (χ2v) is 5.25. The number of hydrogen-bond acceptors (Lipinski definition) is 4. The van der Waals surface area contributed by atoms with Crippen LogP contribution in [-0.4, -0.2) is 47.9 Å². The van der Waals surface area contributed by atoms with Crippen LogP contribution in [0.15, 0.2) is 12.2 Å². The molecule has 0 aromatic heterocycles. The lowest BCUT2D eigenvalue weighted by atomic mass is 10.1. The average molecular weight is 280 g/mol. The molecule has 0 saturated carbocycles. The van der Waals surface area contributed by atoms with Gasteiger partial charge in [0.05, 0.1) is 6.54 Å². The molecule has 1 saturated heterocycles. The lowest BCUT2D eigenvalue weighted by Crippen LogP contribution is -2.37. The number of hydrogen-bond donors (Lipinski definition) is 1. The van der Waals surface area contributed by atoms with Crippen LogP contribution in [0.25, 0.3) is 0 Å². The molecule has 0 bridgehead atoms. The zero-order valence-electron chi connectivity index (χ0n) is 11.7. The highest BCUT2D eigenvalue weighted by Crippen LogP contribution is 2.37. The van der Waals surface area contributed by atoms with Crippen molar-refractivity contribution in [2.45, 2.75) is 38.3 Å². The summed E-state index contributed by atoms with van der Waals surface area (Å²) < 4.78 is 5.31. The van der Waals surface area contributed by atoms with Crippen molar-refractivity contribution in [3.8, 4) is 0 Å². The summed E-state index contributed by atoms with van der Waals surface area (Å²) in [5, 5.41) is 2.56. The molecule has 2 aliphatic heterocycles. The van der Waals surface area contributed by atoms with E-state index < -0.39 is 5.72 Å². The predicted octanol–water partition coefficient (Wildman–Crippen LogP) is 0.377. The monoisotopic (exact) mass is 280 g/mol. The van der Waals surface area contributed by atoms with E-state index in [1.165, 1.54) is 6.92 Å². The van der Waals surface area contributed by atoms with Crippen molar-refractivity contribution < 1.29 is 19.1 Å². The van der Waals surface area contributed by atoms with Gasteiger partial charge in [-0.3, -0.25) is 14.4 Å². The summed E-state index contributed by atoms with van der Waals surface area (Å²) in [6, 6.07) is 0. The number of Topliss-reactive ketones (excluding diaryl/α,β-unsaturated/α-hetero) is 1. The molecule has 6 nitrogen and oxygen atoms in total. The summed E-state index contributed by atoms with van der Waals surface area (Å²) >= 11 is 0. The highest BCUT2D eigenvalue weighted by molar-refractivity contribution is 5.91. The number of ketones is 1. The molecule has 2 aliphatic rings. The Hall–Kier alpha value is -1.69. The van der Waals surface area contributed by atoms with Gasteiger partial charge in [0.2, 0.25) is 11.8 Å². The Morgan fingerprint density at radius 3 is 2.80 bits per heavy atom. The molecule has 0 aromatic rings. The van der Waals surface area contributed by atoms with E-state index in [2.05, 4.69) is 5.32 Å². The normalized spacial score (nSPS) is 23.4. The third kappa shape index (κ3) is 3.66. The Kier molecular flexibility index (Phi) is 4.54. The number of unbranched alkanes of at least 4 members (excludes halogenated alkanes) is 2. The van der Waals surface area contributed by atoms with Crippen LogP contribution in [0.2, 0.25) is 0 Å². The summed E-state index contributed by atoms with van der Waals surface area (Å²) in [4.78, 5) is 35.4. The Morgan fingerprint density at radius 1 is 1.40 bits per heavy atom. The molecule has 1 fully saturated rings. The predicted molar refractivity (Wildman–Crippen MR) is 71.7 cm³/mol. The molecule has 2 rings (SSSR count). The SMILES string of the molecule is CC(=O)CNC(=O)CCCCCN1C(=O)C=CC12CO2. The van der Waals surface area contributed by atoms with Gasteiger partial charge in [-0.1, -0.05) is 6.42 Å². The molecule has 1 atom stereocenters. The fraction of sp³-hybridized carbons (Fsp3) is 0.643. The van der Waals surface area contributed by atoms with Crippen LogP contribution in [0.1, 0.15) is 32.6 Å². The van der Waals surface area contributed by atoms with Crippen LogP contribution in [0.5, 0.6) is 0 Å². The number of epoxide rings is 1. The van der Waals surface area contributed by atoms with Crippen molar-refractivity contribution in [3.05, 3.63) is 12.2 Å². The minimum atomic E-state index is -0.448. The van der Waals surface area contributed by atoms with E-state index in [1.807, 2.05) is 6.08 Å². The van der Waals surface area contributed by atoms with E-state index in [-0.39, 0.29) is 24.1 Å². The van der Waals surface area contributed by atoms with Gasteiger partial charge in [-0.05, 0) is 25.8 Å². The summed E-state index contributed by atoms with van der Waals surface area (Å²) in [5.74, 6) is -0.143. The highest BCUT2D eigenvalue weighted by Gasteiger charge is 2.52. The molecule has 0 aromatic carbocycles. The second kappa shape index (κ2) is 6.17. The lowest BCUT2D eigenvalue weighted by Gasteiger charge is -2.21. The maximum absolute atomic E-state index is 11.6. The van der Waals surface area contributed by atoms with Gasteiger partial charge in [0.25, 0.3) is 0 Å². The third-order valence-corrected chi connectivity index (χ3v) is 3.47. The van der Waals surface area contributed by atoms with E-state index >= 15 is 0 Å². The number of carbonyl (C=O) groups is 3. The van der Waals surface area contributed by atoms with Crippen LogP contribution >= 0.6 is 0 Å². The average Bonchev–Trinajstić information content (AvgIpc) is 3.11. The molecule has 2 amide bonds. The fourth-order valence-corrected chi connectivity index (χ4v) is 2.24. The fourth-order valence-electron chi connectivity index (χ4n) is 2.24. The van der Waals surface area contributed by atoms with Crippen molar-refractivity contribution in [2.75, 3.05) is 19.7 Å². The molecule has 1 unspecified atom stereocenters. The van der Waals surface area contributed by atoms with Gasteiger partial charge in [-0.25, -0.2) is 0 Å². The summed E-state index contributed by atoms with van der Waals surface area (Å²) in [6.45, 7) is 2.79. The Bertz CT molecular complexity index is 440. The summed E-state index contributed by atoms with van der Waals surface area (Å²) in [6.07, 6.45) is 6.26. The maximum atomic E-state index is 11.6. The van der Waals surface area contributed by atoms with E-state index in [4.69, 9.17) is 4.74 Å². The van der Waals surface area contributed by atoms with Crippen LogP contribution < -0.4 is 5.32 Å². The molecule has 0 radical (unpaired) electrons. The minimum absolute atomic E-state index is 0.00158. The topological polar surface area (TPSA) is 79.0 Å². The van der Waals surface area contributed by atoms with Gasteiger partial charge in [-0.15, -0.1) is 0 Å². The first kappa shape index (κ1) is 14.7. The zero-order valence-corrected chi connectivity index (χ0v) is 11.7. The van der Waals surface area contributed by atoms with Crippen molar-refractivity contribution in [1.29, 1.82) is 0 Å². The molecular formula is C14H20N2O4. The first-order valence-corrected chi connectivity index (χ1v) is 6.94. The Labute approximate surface area is 118 Å². The van der Waals surface area contributed by atoms with Crippen molar-refractivity contribution in [1.82, 2.24) is 10.2 Å². The number of ether oxygens (including phenoxy) is 1. The van der Waals surface area contributed by atoms with Gasteiger partial charge >= 0.3 is 0 Å². The van der Waals surface area contributed by atoms with Crippen LogP contribution in [0, 0.1) is 0 Å². The molecule has 0 aliphatic carbocycles. The van der Waals surface area contributed by atoms with E-state index in [0.717, 1.165) is 19.3 Å². The zero-order chi connectivity index (χ0) is 14.6. The van der Waals surface area contributed by atoms with Crippen molar-refractivity contribution >= 4 is 17.6 Å². The third-order valence-electron chi connectivity index (χ3n) is 3.47. The van der Waals surface area contributed by atoms with E-state index in [9.17, 15) is 14.4 Å². The molecule has 20 heavy (non-hydrogen) atoms. The summed E-state index contributed by atoms with van der Waals surface area (Å²) in [7, 11) is 0. The first-order chi connectivity index (χ1) is 9.53. The van der Waals surface area contributed by atoms with Crippen LogP contribution in [-0.2, 0) is 19.1 Å². The number of amides is 2. The Morgan fingerprint density at radius 2 is 2.15 bits per heavy atom. The second-order valence-electron chi connectivity index (χ2n) is 5.25. The number of nitrogens with one attached hydrogen (secondary N) is 1. The molecular weight excluding hydrogens is 260 g/mol. The summed E-state index contributed by atoms with van der Waals surface area (Å²) in [5.41, 5.74) is -0.448. The van der Waals surface area contributed by atoms with Gasteiger partial charge in [0, 0.05) is 19.0 Å². The van der Waals surface area contributed by atoms with Crippen LogP contribution in [0.3, 0.4) is 0 Å². The minimum Gasteiger partial charge on any atom is -0.349 e. The maximum Gasteiger partial charge on any atom is 0.248 e. The highest BCUT2D eigenvalue weighted by atomic mass is 16.6. The Balaban J connectivity index is 1.55. The molecule has 110 valence electrons. The van der Waals surface area contributed by atoms with Crippen molar-refractivity contribution in [3.63, 3.8) is 0 Å². The van der Waals surface area contributed by atoms with Crippen molar-refractivity contribution in [2.24, 2.45) is 0 Å². The molecule has 1 spiro atoms. The van der Waals surface area contributed by atoms with E-state index in [1.54, 1.807) is 11.0 Å². The smallest absolute Gasteiger partial charge is 0.248 e.